The maximum atomic E-state index is 11.9. The van der Waals surface area contributed by atoms with Crippen molar-refractivity contribution in [3.63, 3.8) is 0 Å². The molecule has 108 valence electrons. The summed E-state index contributed by atoms with van der Waals surface area (Å²) in [5, 5.41) is 16.0. The van der Waals surface area contributed by atoms with Gasteiger partial charge in [-0.1, -0.05) is 23.8 Å². The molecule has 0 saturated heterocycles. The summed E-state index contributed by atoms with van der Waals surface area (Å²) >= 11 is 0. The van der Waals surface area contributed by atoms with Crippen molar-refractivity contribution in [2.75, 3.05) is 10.6 Å². The van der Waals surface area contributed by atoms with E-state index < -0.39 is 11.0 Å². The first-order valence-corrected chi connectivity index (χ1v) is 6.35. The van der Waals surface area contributed by atoms with Gasteiger partial charge in [0.25, 0.3) is 5.69 Å². The number of anilines is 2. The molecule has 2 N–H and O–H groups in total. The van der Waals surface area contributed by atoms with Crippen LogP contribution < -0.4 is 10.6 Å². The van der Waals surface area contributed by atoms with E-state index in [0.717, 1.165) is 11.1 Å². The van der Waals surface area contributed by atoms with Crippen LogP contribution in [0.2, 0.25) is 0 Å². The van der Waals surface area contributed by atoms with Crippen molar-refractivity contribution in [2.24, 2.45) is 0 Å². The average molecular weight is 285 g/mol. The topological polar surface area (TPSA) is 84.3 Å². The number of benzene rings is 2. The lowest BCUT2D eigenvalue weighted by molar-refractivity contribution is -0.384. The number of amides is 2. The van der Waals surface area contributed by atoms with Crippen LogP contribution in [0.5, 0.6) is 0 Å². The minimum atomic E-state index is -0.498. The van der Waals surface area contributed by atoms with Gasteiger partial charge in [0.15, 0.2) is 0 Å². The van der Waals surface area contributed by atoms with Gasteiger partial charge in [-0.25, -0.2) is 4.79 Å². The van der Waals surface area contributed by atoms with E-state index in [1.807, 2.05) is 19.1 Å². The van der Waals surface area contributed by atoms with Gasteiger partial charge in [0.1, 0.15) is 0 Å². The lowest BCUT2D eigenvalue weighted by atomic mass is 10.2. The third-order valence-electron chi connectivity index (χ3n) is 2.99. The molecule has 0 aliphatic heterocycles. The predicted molar refractivity (Wildman–Crippen MR) is 81.7 cm³/mol. The lowest BCUT2D eigenvalue weighted by Crippen LogP contribution is -2.20. The highest BCUT2D eigenvalue weighted by Crippen LogP contribution is 2.22. The molecule has 2 rings (SSSR count). The molecule has 0 atom stereocenters. The fourth-order valence-corrected chi connectivity index (χ4v) is 1.78. The minimum absolute atomic E-state index is 0.0637. The maximum absolute atomic E-state index is 11.9. The average Bonchev–Trinajstić information content (AvgIpc) is 2.43. The monoisotopic (exact) mass is 285 g/mol. The van der Waals surface area contributed by atoms with E-state index in [9.17, 15) is 14.9 Å². The Bertz CT molecular complexity index is 681. The fourth-order valence-electron chi connectivity index (χ4n) is 1.78. The van der Waals surface area contributed by atoms with E-state index in [4.69, 9.17) is 0 Å². The van der Waals surface area contributed by atoms with E-state index in [0.29, 0.717) is 11.4 Å². The van der Waals surface area contributed by atoms with Gasteiger partial charge >= 0.3 is 6.03 Å². The standard InChI is InChI=1S/C15H15N3O3/c1-10-3-6-12(7-4-10)16-15(19)17-14-9-13(18(20)21)8-5-11(14)2/h3-9H,1-2H3,(H2,16,17,19). The number of nitro groups is 1. The lowest BCUT2D eigenvalue weighted by Gasteiger charge is -2.10. The molecule has 0 heterocycles. The Labute approximate surface area is 121 Å². The van der Waals surface area contributed by atoms with Gasteiger partial charge in [0.05, 0.1) is 10.6 Å². The number of hydrogen-bond donors (Lipinski definition) is 2. The Morgan fingerprint density at radius 1 is 1.05 bits per heavy atom. The highest BCUT2D eigenvalue weighted by atomic mass is 16.6. The highest BCUT2D eigenvalue weighted by molar-refractivity contribution is 6.00. The van der Waals surface area contributed by atoms with Crippen molar-refractivity contribution >= 4 is 23.1 Å². The quantitative estimate of drug-likeness (QED) is 0.663. The molecule has 2 aromatic rings. The Hall–Kier alpha value is -2.89. The number of nitrogens with one attached hydrogen (secondary N) is 2. The van der Waals surface area contributed by atoms with Crippen LogP contribution >= 0.6 is 0 Å². The Balaban J connectivity index is 2.10. The van der Waals surface area contributed by atoms with E-state index in [1.165, 1.54) is 12.1 Å². The van der Waals surface area contributed by atoms with Crippen LogP contribution in [-0.2, 0) is 0 Å². The van der Waals surface area contributed by atoms with Crippen molar-refractivity contribution in [1.29, 1.82) is 0 Å². The van der Waals surface area contributed by atoms with Crippen molar-refractivity contribution in [2.45, 2.75) is 13.8 Å². The van der Waals surface area contributed by atoms with Crippen LogP contribution in [0, 0.1) is 24.0 Å². The molecular weight excluding hydrogens is 270 g/mol. The van der Waals surface area contributed by atoms with E-state index in [1.54, 1.807) is 25.1 Å². The Morgan fingerprint density at radius 3 is 2.33 bits per heavy atom. The van der Waals surface area contributed by atoms with Crippen molar-refractivity contribution in [3.8, 4) is 0 Å². The Kier molecular flexibility index (Phi) is 4.18. The van der Waals surface area contributed by atoms with Crippen LogP contribution in [-0.4, -0.2) is 11.0 Å². The third kappa shape index (κ3) is 3.79. The van der Waals surface area contributed by atoms with Crippen molar-refractivity contribution < 1.29 is 9.72 Å². The second-order valence-electron chi connectivity index (χ2n) is 4.70. The van der Waals surface area contributed by atoms with Crippen molar-refractivity contribution in [1.82, 2.24) is 0 Å². The number of rotatable bonds is 3. The second-order valence-corrected chi connectivity index (χ2v) is 4.70. The summed E-state index contributed by atoms with van der Waals surface area (Å²) in [6.45, 7) is 3.72. The van der Waals surface area contributed by atoms with Gasteiger partial charge in [-0.3, -0.25) is 10.1 Å². The molecule has 6 heteroatoms. The van der Waals surface area contributed by atoms with E-state index in [-0.39, 0.29) is 5.69 Å². The highest BCUT2D eigenvalue weighted by Gasteiger charge is 2.11. The SMILES string of the molecule is Cc1ccc(NC(=O)Nc2cc([N+](=O)[O-])ccc2C)cc1. The van der Waals surface area contributed by atoms with Gasteiger partial charge in [-0.05, 0) is 31.5 Å². The summed E-state index contributed by atoms with van der Waals surface area (Å²) < 4.78 is 0. The molecule has 0 saturated carbocycles. The maximum Gasteiger partial charge on any atom is 0.323 e. The molecule has 21 heavy (non-hydrogen) atoms. The zero-order valence-electron chi connectivity index (χ0n) is 11.7. The summed E-state index contributed by atoms with van der Waals surface area (Å²) in [5.41, 5.74) is 2.84. The molecule has 0 unspecified atom stereocenters. The number of nitrogens with zero attached hydrogens (tertiary/aromatic N) is 1. The first-order valence-electron chi connectivity index (χ1n) is 6.35. The fraction of sp³-hybridized carbons (Fsp3) is 0.133. The number of carbonyl (C=O) groups excluding carboxylic acids is 1. The van der Waals surface area contributed by atoms with Crippen LogP contribution in [0.15, 0.2) is 42.5 Å². The number of hydrogen-bond acceptors (Lipinski definition) is 3. The zero-order valence-corrected chi connectivity index (χ0v) is 11.7. The van der Waals surface area contributed by atoms with Crippen LogP contribution in [0.3, 0.4) is 0 Å². The molecule has 2 amide bonds. The minimum Gasteiger partial charge on any atom is -0.308 e. The number of aryl methyl sites for hydroxylation is 2. The molecule has 6 nitrogen and oxygen atoms in total. The summed E-state index contributed by atoms with van der Waals surface area (Å²) in [7, 11) is 0. The number of nitro benzene ring substituents is 1. The first-order chi connectivity index (χ1) is 9.95. The number of urea groups is 1. The molecular formula is C15H15N3O3. The van der Waals surface area contributed by atoms with Gasteiger partial charge in [0.2, 0.25) is 0 Å². The molecule has 0 aromatic heterocycles. The predicted octanol–water partition coefficient (Wildman–Crippen LogP) is 3.86. The van der Waals surface area contributed by atoms with Gasteiger partial charge in [-0.15, -0.1) is 0 Å². The Morgan fingerprint density at radius 2 is 1.71 bits per heavy atom. The smallest absolute Gasteiger partial charge is 0.308 e. The van der Waals surface area contributed by atoms with Crippen LogP contribution in [0.25, 0.3) is 0 Å². The van der Waals surface area contributed by atoms with Crippen LogP contribution in [0.1, 0.15) is 11.1 Å². The molecule has 0 radical (unpaired) electrons. The summed E-state index contributed by atoms with van der Waals surface area (Å²) in [5.74, 6) is 0. The van der Waals surface area contributed by atoms with Gasteiger partial charge in [-0.2, -0.15) is 0 Å². The summed E-state index contributed by atoms with van der Waals surface area (Å²) in [4.78, 5) is 22.2. The zero-order chi connectivity index (χ0) is 15.4. The summed E-state index contributed by atoms with van der Waals surface area (Å²) in [6, 6.07) is 11.2. The number of carbonyl (C=O) groups is 1. The third-order valence-corrected chi connectivity index (χ3v) is 2.99. The summed E-state index contributed by atoms with van der Waals surface area (Å²) in [6.07, 6.45) is 0. The largest absolute Gasteiger partial charge is 0.323 e. The molecule has 2 aromatic carbocycles. The van der Waals surface area contributed by atoms with Crippen molar-refractivity contribution in [3.05, 3.63) is 63.7 Å². The van der Waals surface area contributed by atoms with Gasteiger partial charge in [0, 0.05) is 17.8 Å². The van der Waals surface area contributed by atoms with Crippen LogP contribution in [0.4, 0.5) is 21.9 Å². The molecule has 0 bridgehead atoms. The normalized spacial score (nSPS) is 10.0. The molecule has 0 aliphatic carbocycles. The second kappa shape index (κ2) is 6.04. The molecule has 0 aliphatic rings. The molecule has 0 fully saturated rings. The molecule has 0 spiro atoms. The van der Waals surface area contributed by atoms with E-state index >= 15 is 0 Å². The number of non-ortho nitro benzene ring substituents is 1. The first kappa shape index (κ1) is 14.5. The van der Waals surface area contributed by atoms with Gasteiger partial charge < -0.3 is 10.6 Å². The van der Waals surface area contributed by atoms with E-state index in [2.05, 4.69) is 10.6 Å².